The summed E-state index contributed by atoms with van der Waals surface area (Å²) in [6.45, 7) is 3.99. The molecule has 4 nitrogen and oxygen atoms in total. The van der Waals surface area contributed by atoms with Gasteiger partial charge in [0.2, 0.25) is 0 Å². The van der Waals surface area contributed by atoms with Crippen molar-refractivity contribution >= 4 is 5.57 Å². The van der Waals surface area contributed by atoms with E-state index in [1.807, 2.05) is 29.2 Å². The molecule has 26 heavy (non-hydrogen) atoms. The summed E-state index contributed by atoms with van der Waals surface area (Å²) < 4.78 is 2.03. The van der Waals surface area contributed by atoms with Gasteiger partial charge in [-0.15, -0.1) is 0 Å². The summed E-state index contributed by atoms with van der Waals surface area (Å²) in [6.07, 6.45) is 10.5. The van der Waals surface area contributed by atoms with Crippen LogP contribution in [0.25, 0.3) is 5.57 Å². The summed E-state index contributed by atoms with van der Waals surface area (Å²) in [7, 11) is 0. The van der Waals surface area contributed by atoms with Crippen molar-refractivity contribution in [3.8, 4) is 0 Å². The van der Waals surface area contributed by atoms with Crippen molar-refractivity contribution in [3.63, 3.8) is 0 Å². The van der Waals surface area contributed by atoms with Gasteiger partial charge in [0.25, 0.3) is 0 Å². The molecular formula is C22H24N4. The lowest BCUT2D eigenvalue weighted by molar-refractivity contribution is 0.305. The van der Waals surface area contributed by atoms with Crippen LogP contribution in [-0.4, -0.2) is 39.3 Å². The SMILES string of the molecule is C1=C(c2cnn(Cc3ccccc3)c2)CCN(CCc2ccccn2)C1. The molecule has 3 heterocycles. The van der Waals surface area contributed by atoms with E-state index in [-0.39, 0.29) is 0 Å². The van der Waals surface area contributed by atoms with E-state index in [2.05, 4.69) is 63.7 Å². The number of rotatable bonds is 6. The molecule has 132 valence electrons. The zero-order valence-electron chi connectivity index (χ0n) is 15.0. The van der Waals surface area contributed by atoms with Gasteiger partial charge in [-0.1, -0.05) is 42.5 Å². The summed E-state index contributed by atoms with van der Waals surface area (Å²) in [6, 6.07) is 16.6. The average molecular weight is 344 g/mol. The second-order valence-corrected chi connectivity index (χ2v) is 6.76. The van der Waals surface area contributed by atoms with Crippen LogP contribution in [0.4, 0.5) is 0 Å². The minimum absolute atomic E-state index is 0.824. The third kappa shape index (κ3) is 4.27. The first kappa shape index (κ1) is 16.7. The maximum Gasteiger partial charge on any atom is 0.0659 e. The van der Waals surface area contributed by atoms with Gasteiger partial charge < -0.3 is 0 Å². The van der Waals surface area contributed by atoms with Crippen LogP contribution in [0.2, 0.25) is 0 Å². The molecule has 1 aromatic carbocycles. The lowest BCUT2D eigenvalue weighted by atomic mass is 10.0. The van der Waals surface area contributed by atoms with Gasteiger partial charge >= 0.3 is 0 Å². The third-order valence-electron chi connectivity index (χ3n) is 4.90. The third-order valence-corrected chi connectivity index (χ3v) is 4.90. The van der Waals surface area contributed by atoms with E-state index in [1.165, 1.54) is 22.4 Å². The van der Waals surface area contributed by atoms with E-state index in [9.17, 15) is 0 Å². The molecule has 4 heteroatoms. The Balaban J connectivity index is 1.32. The van der Waals surface area contributed by atoms with Crippen molar-refractivity contribution in [3.05, 3.63) is 90.0 Å². The van der Waals surface area contributed by atoms with Gasteiger partial charge in [0.1, 0.15) is 0 Å². The molecule has 1 aliphatic heterocycles. The number of benzene rings is 1. The Morgan fingerprint density at radius 3 is 2.65 bits per heavy atom. The molecule has 0 spiro atoms. The molecular weight excluding hydrogens is 320 g/mol. The maximum atomic E-state index is 4.54. The van der Waals surface area contributed by atoms with Gasteiger partial charge in [-0.05, 0) is 29.7 Å². The minimum atomic E-state index is 0.824. The summed E-state index contributed by atoms with van der Waals surface area (Å²) in [5, 5.41) is 4.54. The Morgan fingerprint density at radius 2 is 1.88 bits per heavy atom. The van der Waals surface area contributed by atoms with E-state index in [0.29, 0.717) is 0 Å². The van der Waals surface area contributed by atoms with E-state index in [0.717, 1.165) is 39.0 Å². The predicted octanol–water partition coefficient (Wildman–Crippen LogP) is 3.66. The molecule has 0 atom stereocenters. The van der Waals surface area contributed by atoms with Crippen LogP contribution < -0.4 is 0 Å². The summed E-state index contributed by atoms with van der Waals surface area (Å²) in [5.41, 5.74) is 5.12. The largest absolute Gasteiger partial charge is 0.299 e. The highest BCUT2D eigenvalue weighted by molar-refractivity contribution is 5.65. The first-order chi connectivity index (χ1) is 12.9. The van der Waals surface area contributed by atoms with E-state index in [1.54, 1.807) is 0 Å². The Labute approximate surface area is 154 Å². The van der Waals surface area contributed by atoms with Gasteiger partial charge in [0.15, 0.2) is 0 Å². The maximum absolute atomic E-state index is 4.54. The van der Waals surface area contributed by atoms with E-state index < -0.39 is 0 Å². The zero-order chi connectivity index (χ0) is 17.6. The Kier molecular flexibility index (Phi) is 5.22. The van der Waals surface area contributed by atoms with Crippen LogP contribution in [0.3, 0.4) is 0 Å². The van der Waals surface area contributed by atoms with Crippen LogP contribution in [0.1, 0.15) is 23.2 Å². The highest BCUT2D eigenvalue weighted by atomic mass is 15.3. The van der Waals surface area contributed by atoms with E-state index in [4.69, 9.17) is 0 Å². The normalized spacial score (nSPS) is 15.0. The quantitative estimate of drug-likeness (QED) is 0.684. The van der Waals surface area contributed by atoms with Crippen LogP contribution in [0.5, 0.6) is 0 Å². The Bertz CT molecular complexity index is 852. The molecule has 4 rings (SSSR count). The van der Waals surface area contributed by atoms with Crippen molar-refractivity contribution in [2.75, 3.05) is 19.6 Å². The first-order valence-electron chi connectivity index (χ1n) is 9.25. The minimum Gasteiger partial charge on any atom is -0.299 e. The first-order valence-corrected chi connectivity index (χ1v) is 9.25. The van der Waals surface area contributed by atoms with Crippen molar-refractivity contribution in [1.29, 1.82) is 0 Å². The topological polar surface area (TPSA) is 34.0 Å². The summed E-state index contributed by atoms with van der Waals surface area (Å²) >= 11 is 0. The zero-order valence-corrected chi connectivity index (χ0v) is 15.0. The Hall–Kier alpha value is -2.72. The molecule has 0 saturated heterocycles. The molecule has 0 saturated carbocycles. The fourth-order valence-corrected chi connectivity index (χ4v) is 3.38. The van der Waals surface area contributed by atoms with Gasteiger partial charge in [-0.3, -0.25) is 14.6 Å². The molecule has 0 N–H and O–H groups in total. The van der Waals surface area contributed by atoms with Crippen molar-refractivity contribution in [2.24, 2.45) is 0 Å². The lowest BCUT2D eigenvalue weighted by Crippen LogP contribution is -2.30. The number of pyridine rings is 1. The van der Waals surface area contributed by atoms with Crippen molar-refractivity contribution in [2.45, 2.75) is 19.4 Å². The second-order valence-electron chi connectivity index (χ2n) is 6.76. The van der Waals surface area contributed by atoms with Crippen LogP contribution >= 0.6 is 0 Å². The number of hydrogen-bond donors (Lipinski definition) is 0. The predicted molar refractivity (Wildman–Crippen MR) is 105 cm³/mol. The molecule has 3 aromatic rings. The number of aromatic nitrogens is 3. The smallest absolute Gasteiger partial charge is 0.0659 e. The van der Waals surface area contributed by atoms with E-state index >= 15 is 0 Å². The fourth-order valence-electron chi connectivity index (χ4n) is 3.38. The lowest BCUT2D eigenvalue weighted by Gasteiger charge is -2.25. The molecule has 1 aliphatic rings. The molecule has 0 unspecified atom stereocenters. The van der Waals surface area contributed by atoms with Gasteiger partial charge in [0, 0.05) is 49.7 Å². The molecule has 0 radical (unpaired) electrons. The average Bonchev–Trinajstić information content (AvgIpc) is 3.17. The Morgan fingerprint density at radius 1 is 1.00 bits per heavy atom. The molecule has 0 amide bonds. The summed E-state index contributed by atoms with van der Waals surface area (Å²) in [5.74, 6) is 0. The highest BCUT2D eigenvalue weighted by Crippen LogP contribution is 2.22. The fraction of sp³-hybridized carbons (Fsp3) is 0.273. The second kappa shape index (κ2) is 8.11. The highest BCUT2D eigenvalue weighted by Gasteiger charge is 2.14. The number of nitrogens with zero attached hydrogens (tertiary/aromatic N) is 4. The molecule has 0 bridgehead atoms. The van der Waals surface area contributed by atoms with Crippen molar-refractivity contribution < 1.29 is 0 Å². The standard InChI is InChI=1S/C22H24N4/c1-2-6-19(7-3-1)17-26-18-21(16-24-26)20-9-13-25(14-10-20)15-11-22-8-4-5-12-23-22/h1-9,12,16,18H,10-11,13-15,17H2. The molecule has 0 aliphatic carbocycles. The molecule has 0 fully saturated rings. The van der Waals surface area contributed by atoms with Crippen LogP contribution in [0, 0.1) is 0 Å². The molecule has 2 aromatic heterocycles. The van der Waals surface area contributed by atoms with Gasteiger partial charge in [0.05, 0.1) is 12.7 Å². The number of hydrogen-bond acceptors (Lipinski definition) is 3. The monoisotopic (exact) mass is 344 g/mol. The van der Waals surface area contributed by atoms with Gasteiger partial charge in [-0.2, -0.15) is 5.10 Å². The van der Waals surface area contributed by atoms with Crippen LogP contribution in [-0.2, 0) is 13.0 Å². The summed E-state index contributed by atoms with van der Waals surface area (Å²) in [4.78, 5) is 6.90. The van der Waals surface area contributed by atoms with Gasteiger partial charge in [-0.25, -0.2) is 0 Å². The van der Waals surface area contributed by atoms with Crippen LogP contribution in [0.15, 0.2) is 73.2 Å². The van der Waals surface area contributed by atoms with Crippen molar-refractivity contribution in [1.82, 2.24) is 19.7 Å².